The average Bonchev–Trinajstić information content (AvgIpc) is 3.00. The van der Waals surface area contributed by atoms with Crippen LogP contribution in [0.3, 0.4) is 0 Å². The minimum Gasteiger partial charge on any atom is -0.346 e. The van der Waals surface area contributed by atoms with Gasteiger partial charge in [0.1, 0.15) is 6.54 Å². The number of unbranched alkanes of at least 4 members (excludes halogenated alkanes) is 1. The monoisotopic (exact) mass is 443 g/mol. The van der Waals surface area contributed by atoms with Gasteiger partial charge in [-0.2, -0.15) is 0 Å². The van der Waals surface area contributed by atoms with Gasteiger partial charge in [0.15, 0.2) is 0 Å². The Balaban J connectivity index is 1.42. The maximum absolute atomic E-state index is 13.1. The highest BCUT2D eigenvalue weighted by molar-refractivity contribution is 7.93. The van der Waals surface area contributed by atoms with Gasteiger partial charge in [-0.3, -0.25) is 13.9 Å². The first-order valence-electron chi connectivity index (χ1n) is 10.9. The molecule has 0 aliphatic carbocycles. The number of nitrogens with zero attached hydrogens (tertiary/aromatic N) is 3. The van der Waals surface area contributed by atoms with E-state index in [2.05, 4.69) is 6.92 Å². The van der Waals surface area contributed by atoms with Crippen LogP contribution in [0.4, 0.5) is 5.69 Å². The minimum atomic E-state index is -3.75. The van der Waals surface area contributed by atoms with Gasteiger partial charge in [-0.25, -0.2) is 8.42 Å². The quantitative estimate of drug-likeness (QED) is 0.688. The fourth-order valence-corrected chi connectivity index (χ4v) is 6.20. The molecule has 0 atom stereocenters. The van der Waals surface area contributed by atoms with E-state index in [9.17, 15) is 18.0 Å². The zero-order valence-corrected chi connectivity index (χ0v) is 18.9. The first-order valence-corrected chi connectivity index (χ1v) is 12.4. The zero-order chi connectivity index (χ0) is 22.2. The molecule has 0 spiro atoms. The minimum absolute atomic E-state index is 0.0700. The van der Waals surface area contributed by atoms with Crippen LogP contribution in [0, 0.1) is 5.92 Å². The Morgan fingerprint density at radius 2 is 1.77 bits per heavy atom. The van der Waals surface area contributed by atoms with E-state index in [-0.39, 0.29) is 29.2 Å². The Morgan fingerprint density at radius 3 is 2.45 bits per heavy atom. The van der Waals surface area contributed by atoms with Crippen molar-refractivity contribution < 1.29 is 18.0 Å². The zero-order valence-electron chi connectivity index (χ0n) is 18.1. The van der Waals surface area contributed by atoms with E-state index >= 15 is 0 Å². The maximum atomic E-state index is 13.1. The molecule has 166 valence electrons. The number of carbonyl (C=O) groups excluding carboxylic acids is 2. The van der Waals surface area contributed by atoms with Crippen LogP contribution in [0.1, 0.15) is 32.6 Å². The fraction of sp³-hybridized carbons (Fsp3) is 0.478. The highest BCUT2D eigenvalue weighted by Crippen LogP contribution is 2.41. The largest absolute Gasteiger partial charge is 0.346 e. The van der Waals surface area contributed by atoms with Crippen LogP contribution < -0.4 is 4.31 Å². The normalized spacial score (nSPS) is 17.9. The van der Waals surface area contributed by atoms with Crippen LogP contribution in [0.5, 0.6) is 0 Å². The molecule has 2 aromatic carbocycles. The Morgan fingerprint density at radius 1 is 1.10 bits per heavy atom. The third-order valence-corrected chi connectivity index (χ3v) is 8.18. The van der Waals surface area contributed by atoms with E-state index in [1.54, 1.807) is 28.0 Å². The van der Waals surface area contributed by atoms with Crippen LogP contribution in [-0.2, 0) is 19.6 Å². The van der Waals surface area contributed by atoms with E-state index in [0.717, 1.165) is 24.8 Å². The molecule has 2 aliphatic rings. The van der Waals surface area contributed by atoms with E-state index in [1.165, 1.54) is 4.31 Å². The summed E-state index contributed by atoms with van der Waals surface area (Å²) in [5.41, 5.74) is 0.559. The van der Waals surface area contributed by atoms with Crippen molar-refractivity contribution in [1.82, 2.24) is 9.80 Å². The number of piperidine rings is 1. The second-order valence-electron chi connectivity index (χ2n) is 8.41. The van der Waals surface area contributed by atoms with Crippen LogP contribution in [0.15, 0.2) is 41.3 Å². The third-order valence-electron chi connectivity index (χ3n) is 6.38. The lowest BCUT2D eigenvalue weighted by molar-refractivity contribution is -0.139. The van der Waals surface area contributed by atoms with Crippen LogP contribution in [0.2, 0.25) is 0 Å². The molecule has 0 unspecified atom stereocenters. The second kappa shape index (κ2) is 8.49. The van der Waals surface area contributed by atoms with E-state index in [0.29, 0.717) is 37.0 Å². The molecule has 0 saturated carbocycles. The molecule has 4 rings (SSSR count). The number of carbonyl (C=O) groups is 2. The predicted octanol–water partition coefficient (Wildman–Crippen LogP) is 2.85. The van der Waals surface area contributed by atoms with Gasteiger partial charge in [0.05, 0.1) is 10.6 Å². The third kappa shape index (κ3) is 3.89. The van der Waals surface area contributed by atoms with Gasteiger partial charge < -0.3 is 9.80 Å². The highest BCUT2D eigenvalue weighted by atomic mass is 32.2. The van der Waals surface area contributed by atoms with Crippen molar-refractivity contribution in [3.05, 3.63) is 36.4 Å². The molecule has 2 aromatic rings. The predicted molar refractivity (Wildman–Crippen MR) is 120 cm³/mol. The van der Waals surface area contributed by atoms with Gasteiger partial charge in [0.25, 0.3) is 10.0 Å². The molecule has 2 amide bonds. The standard InChI is InChI=1S/C23H29N3O4S/c1-3-4-13-24(2)23(28)18-11-14-25(15-12-18)21(27)16-26-19-9-5-7-17-8-6-10-20(22(17)19)31(26,29)30/h5-10,18H,3-4,11-16H2,1-2H3. The smallest absolute Gasteiger partial charge is 0.265 e. The van der Waals surface area contributed by atoms with Gasteiger partial charge >= 0.3 is 0 Å². The van der Waals surface area contributed by atoms with Crippen molar-refractivity contribution in [2.24, 2.45) is 5.92 Å². The molecule has 0 bridgehead atoms. The van der Waals surface area contributed by atoms with E-state index in [4.69, 9.17) is 0 Å². The molecule has 2 heterocycles. The topological polar surface area (TPSA) is 78.0 Å². The fourth-order valence-electron chi connectivity index (χ4n) is 4.54. The second-order valence-corrected chi connectivity index (χ2v) is 10.2. The Labute approximate surface area is 183 Å². The lowest BCUT2D eigenvalue weighted by atomic mass is 9.95. The number of sulfonamides is 1. The molecule has 0 radical (unpaired) electrons. The number of hydrogen-bond acceptors (Lipinski definition) is 4. The van der Waals surface area contributed by atoms with Crippen molar-refractivity contribution in [2.75, 3.05) is 37.5 Å². The number of rotatable bonds is 6. The summed E-state index contributed by atoms with van der Waals surface area (Å²) in [6, 6.07) is 10.6. The van der Waals surface area contributed by atoms with Gasteiger partial charge in [0, 0.05) is 38.0 Å². The van der Waals surface area contributed by atoms with Crippen LogP contribution >= 0.6 is 0 Å². The summed E-state index contributed by atoms with van der Waals surface area (Å²) in [5.74, 6) is -0.150. The summed E-state index contributed by atoms with van der Waals surface area (Å²) in [6.07, 6.45) is 3.26. The Bertz CT molecular complexity index is 1100. The van der Waals surface area contributed by atoms with Gasteiger partial charge in [-0.1, -0.05) is 37.6 Å². The SMILES string of the molecule is CCCCN(C)C(=O)C1CCN(C(=O)CN2c3cccc4cccc(c34)S2(=O)=O)CC1. The maximum Gasteiger partial charge on any atom is 0.265 e. The summed E-state index contributed by atoms with van der Waals surface area (Å²) in [7, 11) is -1.91. The molecule has 31 heavy (non-hydrogen) atoms. The Kier molecular flexibility index (Phi) is 5.92. The first-order chi connectivity index (χ1) is 14.8. The summed E-state index contributed by atoms with van der Waals surface area (Å²) < 4.78 is 27.4. The lowest BCUT2D eigenvalue weighted by Crippen LogP contribution is -2.47. The van der Waals surface area contributed by atoms with Crippen molar-refractivity contribution in [2.45, 2.75) is 37.5 Å². The number of anilines is 1. The van der Waals surface area contributed by atoms with Crippen molar-refractivity contribution in [3.63, 3.8) is 0 Å². The Hall–Kier alpha value is -2.61. The molecule has 8 heteroatoms. The highest BCUT2D eigenvalue weighted by Gasteiger charge is 2.38. The molecule has 0 aromatic heterocycles. The molecule has 1 fully saturated rings. The van der Waals surface area contributed by atoms with Gasteiger partial charge in [0.2, 0.25) is 11.8 Å². The lowest BCUT2D eigenvalue weighted by Gasteiger charge is -2.34. The average molecular weight is 444 g/mol. The number of benzene rings is 2. The van der Waals surface area contributed by atoms with Crippen LogP contribution in [-0.4, -0.2) is 63.3 Å². The van der Waals surface area contributed by atoms with Gasteiger partial charge in [-0.05, 0) is 36.8 Å². The van der Waals surface area contributed by atoms with Crippen LogP contribution in [0.25, 0.3) is 10.8 Å². The molecule has 2 aliphatic heterocycles. The molecule has 1 saturated heterocycles. The van der Waals surface area contributed by atoms with Crippen molar-refractivity contribution in [1.29, 1.82) is 0 Å². The molecular weight excluding hydrogens is 414 g/mol. The molecule has 0 N–H and O–H groups in total. The summed E-state index contributed by atoms with van der Waals surface area (Å²) >= 11 is 0. The summed E-state index contributed by atoms with van der Waals surface area (Å²) in [4.78, 5) is 29.3. The van der Waals surface area contributed by atoms with E-state index < -0.39 is 10.0 Å². The summed E-state index contributed by atoms with van der Waals surface area (Å²) in [6.45, 7) is 3.59. The van der Waals surface area contributed by atoms with Crippen molar-refractivity contribution in [3.8, 4) is 0 Å². The number of likely N-dealkylation sites (tertiary alicyclic amines) is 1. The van der Waals surface area contributed by atoms with E-state index in [1.807, 2.05) is 25.2 Å². The number of amides is 2. The molecular formula is C23H29N3O4S. The summed E-state index contributed by atoms with van der Waals surface area (Å²) in [5, 5.41) is 1.53. The van der Waals surface area contributed by atoms with Crippen molar-refractivity contribution >= 4 is 38.3 Å². The first kappa shape index (κ1) is 21.6. The number of hydrogen-bond donors (Lipinski definition) is 0. The molecule has 7 nitrogen and oxygen atoms in total. The van der Waals surface area contributed by atoms with Gasteiger partial charge in [-0.15, -0.1) is 0 Å².